The third-order valence-corrected chi connectivity index (χ3v) is 2.40. The van der Waals surface area contributed by atoms with Gasteiger partial charge in [0.15, 0.2) is 6.04 Å². The van der Waals surface area contributed by atoms with Crippen molar-refractivity contribution in [3.63, 3.8) is 0 Å². The highest BCUT2D eigenvalue weighted by atomic mass is 79.9. The Kier molecular flexibility index (Phi) is 4.98. The second-order valence-electron chi connectivity index (χ2n) is 3.19. The van der Waals surface area contributed by atoms with Gasteiger partial charge in [-0.15, -0.1) is 0 Å². The van der Waals surface area contributed by atoms with Crippen molar-refractivity contribution in [2.75, 3.05) is 5.33 Å². The van der Waals surface area contributed by atoms with Crippen molar-refractivity contribution in [3.8, 4) is 0 Å². The van der Waals surface area contributed by atoms with Crippen LogP contribution >= 0.6 is 15.9 Å². The van der Waals surface area contributed by atoms with Crippen LogP contribution in [0.4, 0.5) is 0 Å². The minimum Gasteiger partial charge on any atom is -0.479 e. The van der Waals surface area contributed by atoms with Gasteiger partial charge in [0.1, 0.15) is 0 Å². The standard InChI is InChI=1S/C11H12BrNO3/c12-7-6-9(14)13-10(11(15)16)8-4-2-1-3-5-8/h1-5,10H,6-7H2,(H,13,14)(H,15,16)/t10-/m1/s1. The Morgan fingerprint density at radius 2 is 1.94 bits per heavy atom. The van der Waals surface area contributed by atoms with Crippen molar-refractivity contribution >= 4 is 27.8 Å². The van der Waals surface area contributed by atoms with Gasteiger partial charge in [0, 0.05) is 11.8 Å². The second kappa shape index (κ2) is 6.27. The molecule has 0 unspecified atom stereocenters. The minimum atomic E-state index is -1.06. The van der Waals surface area contributed by atoms with E-state index in [0.717, 1.165) is 0 Å². The van der Waals surface area contributed by atoms with Crippen LogP contribution in [-0.2, 0) is 9.59 Å². The monoisotopic (exact) mass is 285 g/mol. The number of halogens is 1. The first-order chi connectivity index (χ1) is 7.65. The molecule has 0 heterocycles. The molecule has 0 spiro atoms. The van der Waals surface area contributed by atoms with E-state index in [1.165, 1.54) is 0 Å². The SMILES string of the molecule is O=C(CCBr)N[C@@H](C(=O)O)c1ccccc1. The Balaban J connectivity index is 2.77. The summed E-state index contributed by atoms with van der Waals surface area (Å²) in [4.78, 5) is 22.3. The molecule has 0 aliphatic carbocycles. The summed E-state index contributed by atoms with van der Waals surface area (Å²) in [7, 11) is 0. The van der Waals surface area contributed by atoms with Crippen molar-refractivity contribution in [1.29, 1.82) is 0 Å². The molecule has 1 aromatic rings. The molecule has 0 saturated heterocycles. The lowest BCUT2D eigenvalue weighted by atomic mass is 10.1. The fraction of sp³-hybridized carbons (Fsp3) is 0.273. The first kappa shape index (κ1) is 12.7. The summed E-state index contributed by atoms with van der Waals surface area (Å²) >= 11 is 3.12. The molecule has 0 bridgehead atoms. The third-order valence-electron chi connectivity index (χ3n) is 2.01. The number of hydrogen-bond donors (Lipinski definition) is 2. The second-order valence-corrected chi connectivity index (χ2v) is 3.98. The summed E-state index contributed by atoms with van der Waals surface area (Å²) < 4.78 is 0. The zero-order valence-corrected chi connectivity index (χ0v) is 10.1. The maximum Gasteiger partial charge on any atom is 0.330 e. The van der Waals surface area contributed by atoms with Gasteiger partial charge < -0.3 is 10.4 Å². The lowest BCUT2D eigenvalue weighted by Crippen LogP contribution is -2.33. The van der Waals surface area contributed by atoms with Gasteiger partial charge in [-0.2, -0.15) is 0 Å². The van der Waals surface area contributed by atoms with Crippen molar-refractivity contribution < 1.29 is 14.7 Å². The Hall–Kier alpha value is -1.36. The van der Waals surface area contributed by atoms with Gasteiger partial charge in [-0.1, -0.05) is 46.3 Å². The molecule has 1 atom stereocenters. The van der Waals surface area contributed by atoms with E-state index in [-0.39, 0.29) is 12.3 Å². The highest BCUT2D eigenvalue weighted by molar-refractivity contribution is 9.09. The normalized spacial score (nSPS) is 11.8. The first-order valence-corrected chi connectivity index (χ1v) is 5.90. The Morgan fingerprint density at radius 3 is 2.44 bits per heavy atom. The van der Waals surface area contributed by atoms with Crippen LogP contribution < -0.4 is 5.32 Å². The highest BCUT2D eigenvalue weighted by Gasteiger charge is 2.21. The molecular formula is C11H12BrNO3. The van der Waals surface area contributed by atoms with Gasteiger partial charge in [0.25, 0.3) is 0 Å². The predicted octanol–water partition coefficient (Wildman–Crippen LogP) is 1.71. The zero-order chi connectivity index (χ0) is 12.0. The smallest absolute Gasteiger partial charge is 0.330 e. The van der Waals surface area contributed by atoms with Crippen LogP contribution in [-0.4, -0.2) is 22.3 Å². The number of nitrogens with one attached hydrogen (secondary N) is 1. The summed E-state index contributed by atoms with van der Waals surface area (Å²) in [5, 5.41) is 12.0. The molecule has 0 fully saturated rings. The van der Waals surface area contributed by atoms with Gasteiger partial charge in [0.05, 0.1) is 0 Å². The number of carbonyl (C=O) groups excluding carboxylic acids is 1. The number of alkyl halides is 1. The number of rotatable bonds is 5. The van der Waals surface area contributed by atoms with Crippen LogP contribution in [0.2, 0.25) is 0 Å². The number of hydrogen-bond acceptors (Lipinski definition) is 2. The average Bonchev–Trinajstić information content (AvgIpc) is 2.27. The number of carbonyl (C=O) groups is 2. The molecule has 2 N–H and O–H groups in total. The molecule has 1 amide bonds. The largest absolute Gasteiger partial charge is 0.479 e. The van der Waals surface area contributed by atoms with E-state index in [1.54, 1.807) is 30.3 Å². The van der Waals surface area contributed by atoms with Crippen LogP contribution in [0.1, 0.15) is 18.0 Å². The highest BCUT2D eigenvalue weighted by Crippen LogP contribution is 2.12. The number of carboxylic acid groups (broad SMARTS) is 1. The van der Waals surface area contributed by atoms with E-state index >= 15 is 0 Å². The lowest BCUT2D eigenvalue weighted by Gasteiger charge is -2.14. The van der Waals surface area contributed by atoms with Gasteiger partial charge in [0.2, 0.25) is 5.91 Å². The lowest BCUT2D eigenvalue weighted by molar-refractivity contribution is -0.142. The zero-order valence-electron chi connectivity index (χ0n) is 8.52. The van der Waals surface area contributed by atoms with E-state index in [4.69, 9.17) is 5.11 Å². The van der Waals surface area contributed by atoms with Crippen molar-refractivity contribution in [2.45, 2.75) is 12.5 Å². The van der Waals surface area contributed by atoms with Gasteiger partial charge in [-0.3, -0.25) is 4.79 Å². The van der Waals surface area contributed by atoms with Crippen LogP contribution in [0, 0.1) is 0 Å². The Morgan fingerprint density at radius 1 is 1.31 bits per heavy atom. The summed E-state index contributed by atoms with van der Waals surface area (Å²) in [5.74, 6) is -1.35. The average molecular weight is 286 g/mol. The van der Waals surface area contributed by atoms with Gasteiger partial charge in [-0.05, 0) is 5.56 Å². The van der Waals surface area contributed by atoms with Crippen LogP contribution in [0.5, 0.6) is 0 Å². The fourth-order valence-corrected chi connectivity index (χ4v) is 1.61. The van der Waals surface area contributed by atoms with E-state index in [9.17, 15) is 9.59 Å². The van der Waals surface area contributed by atoms with Crippen molar-refractivity contribution in [2.24, 2.45) is 0 Å². The Bertz CT molecular complexity index is 367. The molecule has 0 radical (unpaired) electrons. The summed E-state index contributed by atoms with van der Waals surface area (Å²) in [6, 6.07) is 7.64. The first-order valence-electron chi connectivity index (χ1n) is 4.78. The van der Waals surface area contributed by atoms with Crippen molar-refractivity contribution in [3.05, 3.63) is 35.9 Å². The van der Waals surface area contributed by atoms with E-state index in [2.05, 4.69) is 21.2 Å². The number of benzene rings is 1. The molecule has 0 aromatic heterocycles. The Labute approximate surface area is 102 Å². The molecule has 16 heavy (non-hydrogen) atoms. The molecule has 4 nitrogen and oxygen atoms in total. The minimum absolute atomic E-state index is 0.261. The summed E-state index contributed by atoms with van der Waals surface area (Å²) in [5.41, 5.74) is 0.568. The summed E-state index contributed by atoms with van der Waals surface area (Å²) in [6.07, 6.45) is 0.261. The molecule has 0 aliphatic heterocycles. The van der Waals surface area contributed by atoms with Crippen LogP contribution in [0.3, 0.4) is 0 Å². The quantitative estimate of drug-likeness (QED) is 0.810. The van der Waals surface area contributed by atoms with E-state index in [1.807, 2.05) is 0 Å². The predicted molar refractivity (Wildman–Crippen MR) is 63.4 cm³/mol. The number of amides is 1. The topological polar surface area (TPSA) is 66.4 Å². The molecule has 1 rings (SSSR count). The van der Waals surface area contributed by atoms with Gasteiger partial charge in [-0.25, -0.2) is 4.79 Å². The maximum atomic E-state index is 11.3. The molecule has 0 saturated carbocycles. The van der Waals surface area contributed by atoms with Crippen molar-refractivity contribution in [1.82, 2.24) is 5.32 Å². The number of aliphatic carboxylic acids is 1. The fourth-order valence-electron chi connectivity index (χ4n) is 1.25. The molecular weight excluding hydrogens is 274 g/mol. The van der Waals surface area contributed by atoms with Gasteiger partial charge >= 0.3 is 5.97 Å². The molecule has 0 aliphatic rings. The van der Waals surface area contributed by atoms with E-state index in [0.29, 0.717) is 10.9 Å². The molecule has 1 aromatic carbocycles. The van der Waals surface area contributed by atoms with Crippen LogP contribution in [0.15, 0.2) is 30.3 Å². The molecule has 5 heteroatoms. The third kappa shape index (κ3) is 3.66. The molecule has 86 valence electrons. The maximum absolute atomic E-state index is 11.3. The number of carboxylic acids is 1. The summed E-state index contributed by atoms with van der Waals surface area (Å²) in [6.45, 7) is 0. The van der Waals surface area contributed by atoms with Crippen LogP contribution in [0.25, 0.3) is 0 Å². The van der Waals surface area contributed by atoms with E-state index < -0.39 is 12.0 Å².